The topological polar surface area (TPSA) is 51.2 Å². The molecule has 1 aliphatic carbocycles. The van der Waals surface area contributed by atoms with Crippen LogP contribution in [0.5, 0.6) is 0 Å². The van der Waals surface area contributed by atoms with Crippen molar-refractivity contribution in [2.24, 2.45) is 0 Å². The van der Waals surface area contributed by atoms with Crippen molar-refractivity contribution in [1.29, 1.82) is 0 Å². The molecule has 0 bridgehead atoms. The smallest absolute Gasteiger partial charge is 0.315 e. The number of hydrogen-bond acceptors (Lipinski definition) is 5. The summed E-state index contributed by atoms with van der Waals surface area (Å²) < 4.78 is 18.2. The van der Waals surface area contributed by atoms with Crippen LogP contribution in [0.3, 0.4) is 0 Å². The minimum absolute atomic E-state index is 0.209. The molecule has 0 radical (unpaired) electrons. The summed E-state index contributed by atoms with van der Waals surface area (Å²) in [6.07, 6.45) is 1.59. The summed E-state index contributed by atoms with van der Waals surface area (Å²) in [5.41, 5.74) is 1.45. The molecule has 1 aliphatic rings. The Morgan fingerprint density at radius 1 is 1.57 bits per heavy atom. The molecule has 0 spiro atoms. The van der Waals surface area contributed by atoms with E-state index in [-0.39, 0.29) is 17.7 Å². The Bertz CT molecular complexity index is 671. The SMILES string of the molecule is CCOC(=O)C1CCc2sc(Nc3cccc(F)c3)nc21. The summed E-state index contributed by atoms with van der Waals surface area (Å²) in [5, 5.41) is 3.76. The number of nitrogens with zero attached hydrogens (tertiary/aromatic N) is 1. The number of carbonyl (C=O) groups excluding carboxylic acids is 1. The van der Waals surface area contributed by atoms with Crippen LogP contribution in [0.25, 0.3) is 0 Å². The van der Waals surface area contributed by atoms with E-state index in [9.17, 15) is 9.18 Å². The van der Waals surface area contributed by atoms with Gasteiger partial charge in [-0.15, -0.1) is 11.3 Å². The fourth-order valence-electron chi connectivity index (χ4n) is 2.44. The predicted molar refractivity (Wildman–Crippen MR) is 79.5 cm³/mol. The molecule has 4 nitrogen and oxygen atoms in total. The highest BCUT2D eigenvalue weighted by atomic mass is 32.1. The lowest BCUT2D eigenvalue weighted by Crippen LogP contribution is -2.14. The van der Waals surface area contributed by atoms with Crippen LogP contribution in [0.4, 0.5) is 15.2 Å². The molecule has 1 aromatic carbocycles. The maximum Gasteiger partial charge on any atom is 0.315 e. The number of fused-ring (bicyclic) bond motifs is 1. The first-order valence-corrected chi connectivity index (χ1v) is 7.68. The van der Waals surface area contributed by atoms with Gasteiger partial charge < -0.3 is 10.1 Å². The highest BCUT2D eigenvalue weighted by Crippen LogP contribution is 2.39. The van der Waals surface area contributed by atoms with Gasteiger partial charge in [-0.05, 0) is 38.0 Å². The van der Waals surface area contributed by atoms with E-state index in [1.165, 1.54) is 23.5 Å². The third-order valence-electron chi connectivity index (χ3n) is 3.36. The third-order valence-corrected chi connectivity index (χ3v) is 4.41. The molecular formula is C15H15FN2O2S. The second-order valence-electron chi connectivity index (χ2n) is 4.81. The lowest BCUT2D eigenvalue weighted by Gasteiger charge is -2.08. The van der Waals surface area contributed by atoms with Gasteiger partial charge in [0.15, 0.2) is 5.13 Å². The number of hydrogen-bond donors (Lipinski definition) is 1. The fraction of sp³-hybridized carbons (Fsp3) is 0.333. The van der Waals surface area contributed by atoms with Crippen molar-refractivity contribution in [1.82, 2.24) is 4.98 Å². The molecule has 1 N–H and O–H groups in total. The Morgan fingerprint density at radius 2 is 2.43 bits per heavy atom. The van der Waals surface area contributed by atoms with Gasteiger partial charge in [-0.3, -0.25) is 4.79 Å². The summed E-state index contributed by atoms with van der Waals surface area (Å²) in [6, 6.07) is 6.22. The van der Waals surface area contributed by atoms with Gasteiger partial charge >= 0.3 is 5.97 Å². The molecule has 0 amide bonds. The second kappa shape index (κ2) is 5.81. The van der Waals surface area contributed by atoms with Crippen molar-refractivity contribution in [2.75, 3.05) is 11.9 Å². The first kappa shape index (κ1) is 14.0. The van der Waals surface area contributed by atoms with Crippen LogP contribution in [0.1, 0.15) is 29.8 Å². The van der Waals surface area contributed by atoms with Crippen molar-refractivity contribution < 1.29 is 13.9 Å². The maximum atomic E-state index is 13.2. The summed E-state index contributed by atoms with van der Waals surface area (Å²) >= 11 is 1.51. The van der Waals surface area contributed by atoms with Crippen LogP contribution in [-0.2, 0) is 16.0 Å². The van der Waals surface area contributed by atoms with Crippen LogP contribution < -0.4 is 5.32 Å². The van der Waals surface area contributed by atoms with E-state index < -0.39 is 0 Å². The monoisotopic (exact) mass is 306 g/mol. The normalized spacial score (nSPS) is 16.6. The molecule has 1 aromatic heterocycles. The number of anilines is 2. The van der Waals surface area contributed by atoms with Gasteiger partial charge in [0.25, 0.3) is 0 Å². The van der Waals surface area contributed by atoms with Crippen LogP contribution in [-0.4, -0.2) is 17.6 Å². The van der Waals surface area contributed by atoms with Gasteiger partial charge in [-0.1, -0.05) is 6.07 Å². The largest absolute Gasteiger partial charge is 0.465 e. The van der Waals surface area contributed by atoms with Gasteiger partial charge in [0.05, 0.1) is 12.3 Å². The number of carbonyl (C=O) groups is 1. The lowest BCUT2D eigenvalue weighted by molar-refractivity contribution is -0.145. The van der Waals surface area contributed by atoms with Crippen LogP contribution in [0, 0.1) is 5.82 Å². The van der Waals surface area contributed by atoms with Crippen molar-refractivity contribution in [3.05, 3.63) is 40.7 Å². The molecule has 0 saturated heterocycles. The quantitative estimate of drug-likeness (QED) is 0.877. The predicted octanol–water partition coefficient (Wildman–Crippen LogP) is 3.62. The van der Waals surface area contributed by atoms with Crippen molar-refractivity contribution in [3.8, 4) is 0 Å². The average molecular weight is 306 g/mol. The number of aryl methyl sites for hydroxylation is 1. The molecule has 0 aliphatic heterocycles. The van der Waals surface area contributed by atoms with Crippen LogP contribution in [0.2, 0.25) is 0 Å². The number of ether oxygens (including phenoxy) is 1. The minimum Gasteiger partial charge on any atom is -0.465 e. The molecule has 1 heterocycles. The number of benzene rings is 1. The Labute approximate surface area is 126 Å². The summed E-state index contributed by atoms with van der Waals surface area (Å²) in [7, 11) is 0. The standard InChI is InChI=1S/C15H15FN2O2S/c1-2-20-14(19)11-6-7-12-13(11)18-15(21-12)17-10-5-3-4-9(16)8-10/h3-5,8,11H,2,6-7H2,1H3,(H,17,18). The van der Waals surface area contributed by atoms with E-state index in [2.05, 4.69) is 10.3 Å². The number of esters is 1. The zero-order chi connectivity index (χ0) is 14.8. The third kappa shape index (κ3) is 2.90. The van der Waals surface area contributed by atoms with Crippen molar-refractivity contribution in [2.45, 2.75) is 25.7 Å². The molecule has 6 heteroatoms. The van der Waals surface area contributed by atoms with Gasteiger partial charge in [-0.25, -0.2) is 9.37 Å². The minimum atomic E-state index is -0.298. The summed E-state index contributed by atoms with van der Waals surface area (Å²) in [6.45, 7) is 2.18. The first-order valence-electron chi connectivity index (χ1n) is 6.86. The molecule has 2 aromatic rings. The molecule has 0 fully saturated rings. The summed E-state index contributed by atoms with van der Waals surface area (Å²) in [5.74, 6) is -0.772. The number of thiazole rings is 1. The van der Waals surface area contributed by atoms with Crippen LogP contribution >= 0.6 is 11.3 Å². The molecule has 1 unspecified atom stereocenters. The summed E-state index contributed by atoms with van der Waals surface area (Å²) in [4.78, 5) is 17.5. The van der Waals surface area contributed by atoms with E-state index in [0.717, 1.165) is 23.4 Å². The molecule has 0 saturated carbocycles. The first-order chi connectivity index (χ1) is 10.2. The van der Waals surface area contributed by atoms with Gasteiger partial charge in [0, 0.05) is 10.6 Å². The number of halogens is 1. The molecule has 21 heavy (non-hydrogen) atoms. The molecular weight excluding hydrogens is 291 g/mol. The number of rotatable bonds is 4. The Kier molecular flexibility index (Phi) is 3.88. The van der Waals surface area contributed by atoms with E-state index in [1.54, 1.807) is 19.1 Å². The van der Waals surface area contributed by atoms with Gasteiger partial charge in [0.1, 0.15) is 11.7 Å². The zero-order valence-electron chi connectivity index (χ0n) is 11.6. The Balaban J connectivity index is 1.79. The van der Waals surface area contributed by atoms with E-state index >= 15 is 0 Å². The van der Waals surface area contributed by atoms with Crippen LogP contribution in [0.15, 0.2) is 24.3 Å². The highest BCUT2D eigenvalue weighted by Gasteiger charge is 2.33. The average Bonchev–Trinajstić information content (AvgIpc) is 2.98. The number of aromatic nitrogens is 1. The second-order valence-corrected chi connectivity index (χ2v) is 5.89. The van der Waals surface area contributed by atoms with Crippen molar-refractivity contribution >= 4 is 28.1 Å². The fourth-order valence-corrected chi connectivity index (χ4v) is 3.50. The highest BCUT2D eigenvalue weighted by molar-refractivity contribution is 7.15. The maximum absolute atomic E-state index is 13.2. The molecule has 1 atom stereocenters. The number of nitrogens with one attached hydrogen (secondary N) is 1. The molecule has 110 valence electrons. The lowest BCUT2D eigenvalue weighted by atomic mass is 10.1. The Morgan fingerprint density at radius 3 is 3.19 bits per heavy atom. The van der Waals surface area contributed by atoms with Gasteiger partial charge in [0.2, 0.25) is 0 Å². The van der Waals surface area contributed by atoms with E-state index in [0.29, 0.717) is 17.4 Å². The van der Waals surface area contributed by atoms with Crippen molar-refractivity contribution in [3.63, 3.8) is 0 Å². The van der Waals surface area contributed by atoms with E-state index in [1.807, 2.05) is 0 Å². The molecule has 3 rings (SSSR count). The van der Waals surface area contributed by atoms with E-state index in [4.69, 9.17) is 4.74 Å². The van der Waals surface area contributed by atoms with Gasteiger partial charge in [-0.2, -0.15) is 0 Å². The zero-order valence-corrected chi connectivity index (χ0v) is 12.4. The Hall–Kier alpha value is -1.95.